The average molecular weight is 215 g/mol. The minimum absolute atomic E-state index is 0.594. The van der Waals surface area contributed by atoms with E-state index in [0.29, 0.717) is 18.0 Å². The summed E-state index contributed by atoms with van der Waals surface area (Å²) >= 11 is 0. The Hall–Kier alpha value is -2.03. The summed E-state index contributed by atoms with van der Waals surface area (Å²) in [6, 6.07) is 7.73. The van der Waals surface area contributed by atoms with Crippen LogP contribution in [0.3, 0.4) is 0 Å². The van der Waals surface area contributed by atoms with Crippen molar-refractivity contribution < 1.29 is 9.53 Å². The summed E-state index contributed by atoms with van der Waals surface area (Å²) in [6.07, 6.45) is 2.62. The van der Waals surface area contributed by atoms with Crippen molar-refractivity contribution in [1.29, 1.82) is 0 Å². The van der Waals surface area contributed by atoms with Gasteiger partial charge in [-0.05, 0) is 6.07 Å². The molecule has 2 rings (SSSR count). The highest BCUT2D eigenvalue weighted by Gasteiger charge is 2.15. The topological polar surface area (TPSA) is 31.2 Å². The molecule has 3 heteroatoms. The van der Waals surface area contributed by atoms with Crippen molar-refractivity contribution in [2.45, 2.75) is 6.54 Å². The smallest absolute Gasteiger partial charge is 0.205 e. The van der Waals surface area contributed by atoms with Crippen molar-refractivity contribution in [3.05, 3.63) is 42.5 Å². The lowest BCUT2D eigenvalue weighted by atomic mass is 10.2. The SMILES string of the molecule is C=CCn1c(OC)c(C=O)c2ccccc21. The van der Waals surface area contributed by atoms with Crippen molar-refractivity contribution in [1.82, 2.24) is 4.57 Å². The number of benzene rings is 1. The Labute approximate surface area is 93.9 Å². The first-order chi connectivity index (χ1) is 7.83. The number of aldehydes is 1. The van der Waals surface area contributed by atoms with Gasteiger partial charge in [0.15, 0.2) is 6.29 Å². The second kappa shape index (κ2) is 4.23. The molecule has 1 aromatic heterocycles. The number of para-hydroxylation sites is 1. The van der Waals surface area contributed by atoms with E-state index in [1.807, 2.05) is 28.8 Å². The lowest BCUT2D eigenvalue weighted by Crippen LogP contribution is -1.99. The molecule has 82 valence electrons. The highest BCUT2D eigenvalue weighted by atomic mass is 16.5. The summed E-state index contributed by atoms with van der Waals surface area (Å²) in [5.41, 5.74) is 1.58. The number of carbonyl (C=O) groups excluding carboxylic acids is 1. The van der Waals surface area contributed by atoms with Crippen molar-refractivity contribution in [2.24, 2.45) is 0 Å². The van der Waals surface area contributed by atoms with Crippen LogP contribution < -0.4 is 4.74 Å². The predicted octanol–water partition coefficient (Wildman–Crippen LogP) is 2.65. The molecule has 0 N–H and O–H groups in total. The molecular formula is C13H13NO2. The fraction of sp³-hybridized carbons (Fsp3) is 0.154. The summed E-state index contributed by atoms with van der Waals surface area (Å²) in [4.78, 5) is 11.1. The average Bonchev–Trinajstić information content (AvgIpc) is 2.63. The summed E-state index contributed by atoms with van der Waals surface area (Å²) in [5.74, 6) is 0.594. The Bertz CT molecular complexity index is 540. The number of hydrogen-bond donors (Lipinski definition) is 0. The molecule has 0 atom stereocenters. The van der Waals surface area contributed by atoms with Crippen molar-refractivity contribution >= 4 is 17.2 Å². The van der Waals surface area contributed by atoms with E-state index in [1.165, 1.54) is 0 Å². The molecule has 0 saturated carbocycles. The number of ether oxygens (including phenoxy) is 1. The van der Waals surface area contributed by atoms with Crippen LogP contribution in [0.4, 0.5) is 0 Å². The third-order valence-electron chi connectivity index (χ3n) is 2.58. The quantitative estimate of drug-likeness (QED) is 0.580. The highest BCUT2D eigenvalue weighted by molar-refractivity contribution is 6.00. The molecule has 3 nitrogen and oxygen atoms in total. The molecular weight excluding hydrogens is 202 g/mol. The van der Waals surface area contributed by atoms with Gasteiger partial charge in [0, 0.05) is 11.9 Å². The van der Waals surface area contributed by atoms with Crippen molar-refractivity contribution in [3.63, 3.8) is 0 Å². The Morgan fingerprint density at radius 3 is 2.81 bits per heavy atom. The third kappa shape index (κ3) is 1.41. The van der Waals surface area contributed by atoms with Gasteiger partial charge in [-0.3, -0.25) is 4.79 Å². The number of nitrogens with zero attached hydrogens (tertiary/aromatic N) is 1. The molecule has 0 aliphatic carbocycles. The number of fused-ring (bicyclic) bond motifs is 1. The summed E-state index contributed by atoms with van der Waals surface area (Å²) in [6.45, 7) is 4.33. The molecule has 0 radical (unpaired) electrons. The monoisotopic (exact) mass is 215 g/mol. The van der Waals surface area contributed by atoms with Gasteiger partial charge in [0.2, 0.25) is 5.88 Å². The summed E-state index contributed by atoms with van der Waals surface area (Å²) in [5, 5.41) is 0.913. The number of carbonyl (C=O) groups is 1. The maximum Gasteiger partial charge on any atom is 0.205 e. The van der Waals surface area contributed by atoms with Gasteiger partial charge in [0.1, 0.15) is 0 Å². The first-order valence-electron chi connectivity index (χ1n) is 5.04. The fourth-order valence-electron chi connectivity index (χ4n) is 1.95. The Kier molecular flexibility index (Phi) is 2.77. The van der Waals surface area contributed by atoms with Gasteiger partial charge in [0.25, 0.3) is 0 Å². The van der Waals surface area contributed by atoms with E-state index < -0.39 is 0 Å². The molecule has 0 fully saturated rings. The van der Waals surface area contributed by atoms with Gasteiger partial charge in [-0.1, -0.05) is 24.3 Å². The number of aromatic nitrogens is 1. The van der Waals surface area contributed by atoms with E-state index in [-0.39, 0.29) is 0 Å². The number of allylic oxidation sites excluding steroid dienone is 1. The van der Waals surface area contributed by atoms with Crippen LogP contribution in [0.1, 0.15) is 10.4 Å². The molecule has 0 aliphatic rings. The van der Waals surface area contributed by atoms with Crippen LogP contribution in [-0.2, 0) is 6.54 Å². The molecule has 0 bridgehead atoms. The van der Waals surface area contributed by atoms with E-state index in [0.717, 1.165) is 17.2 Å². The normalized spacial score (nSPS) is 10.3. The van der Waals surface area contributed by atoms with E-state index in [1.54, 1.807) is 13.2 Å². The van der Waals surface area contributed by atoms with Crippen LogP contribution in [-0.4, -0.2) is 18.0 Å². The standard InChI is InChI=1S/C13H13NO2/c1-3-8-14-12-7-5-4-6-10(12)11(9-15)13(14)16-2/h3-7,9H,1,8H2,2H3. The maximum absolute atomic E-state index is 11.1. The van der Waals surface area contributed by atoms with Crippen LogP contribution in [0.5, 0.6) is 5.88 Å². The van der Waals surface area contributed by atoms with E-state index >= 15 is 0 Å². The second-order valence-corrected chi connectivity index (χ2v) is 3.46. The van der Waals surface area contributed by atoms with Crippen LogP contribution >= 0.6 is 0 Å². The first-order valence-corrected chi connectivity index (χ1v) is 5.04. The molecule has 0 spiro atoms. The van der Waals surface area contributed by atoms with E-state index in [2.05, 4.69) is 6.58 Å². The van der Waals surface area contributed by atoms with E-state index in [4.69, 9.17) is 4.74 Å². The molecule has 0 amide bonds. The molecule has 16 heavy (non-hydrogen) atoms. The zero-order valence-corrected chi connectivity index (χ0v) is 9.14. The molecule has 2 aromatic rings. The Balaban J connectivity index is 2.83. The summed E-state index contributed by atoms with van der Waals surface area (Å²) in [7, 11) is 1.57. The van der Waals surface area contributed by atoms with Crippen molar-refractivity contribution in [2.75, 3.05) is 7.11 Å². The molecule has 0 aliphatic heterocycles. The van der Waals surface area contributed by atoms with Crippen LogP contribution in [0, 0.1) is 0 Å². The lowest BCUT2D eigenvalue weighted by Gasteiger charge is -2.06. The van der Waals surface area contributed by atoms with Crippen LogP contribution in [0.2, 0.25) is 0 Å². The lowest BCUT2D eigenvalue weighted by molar-refractivity contribution is 0.112. The molecule has 0 saturated heterocycles. The minimum Gasteiger partial charge on any atom is -0.482 e. The van der Waals surface area contributed by atoms with Gasteiger partial charge < -0.3 is 9.30 Å². The number of rotatable bonds is 4. The Morgan fingerprint density at radius 1 is 1.44 bits per heavy atom. The van der Waals surface area contributed by atoms with Gasteiger partial charge in [-0.2, -0.15) is 0 Å². The highest BCUT2D eigenvalue weighted by Crippen LogP contribution is 2.30. The predicted molar refractivity (Wildman–Crippen MR) is 64.1 cm³/mol. The molecule has 1 heterocycles. The van der Waals surface area contributed by atoms with Gasteiger partial charge in [-0.25, -0.2) is 0 Å². The van der Waals surface area contributed by atoms with Gasteiger partial charge in [-0.15, -0.1) is 6.58 Å². The number of hydrogen-bond acceptors (Lipinski definition) is 2. The van der Waals surface area contributed by atoms with Gasteiger partial charge in [0.05, 0.1) is 18.2 Å². The second-order valence-electron chi connectivity index (χ2n) is 3.46. The minimum atomic E-state index is 0.594. The van der Waals surface area contributed by atoms with Crippen molar-refractivity contribution in [3.8, 4) is 5.88 Å². The zero-order valence-electron chi connectivity index (χ0n) is 9.14. The third-order valence-corrected chi connectivity index (χ3v) is 2.58. The fourth-order valence-corrected chi connectivity index (χ4v) is 1.95. The van der Waals surface area contributed by atoms with Crippen LogP contribution in [0.25, 0.3) is 10.9 Å². The number of methoxy groups -OCH3 is 1. The van der Waals surface area contributed by atoms with E-state index in [9.17, 15) is 4.79 Å². The Morgan fingerprint density at radius 2 is 2.19 bits per heavy atom. The molecule has 1 aromatic carbocycles. The first kappa shape index (κ1) is 10.5. The molecule has 0 unspecified atom stereocenters. The summed E-state index contributed by atoms with van der Waals surface area (Å²) < 4.78 is 7.23. The zero-order chi connectivity index (χ0) is 11.5. The van der Waals surface area contributed by atoms with Gasteiger partial charge >= 0.3 is 0 Å². The maximum atomic E-state index is 11.1. The van der Waals surface area contributed by atoms with Crippen LogP contribution in [0.15, 0.2) is 36.9 Å². The largest absolute Gasteiger partial charge is 0.482 e.